The topological polar surface area (TPSA) is 84.2 Å². The zero-order valence-electron chi connectivity index (χ0n) is 16.0. The van der Waals surface area contributed by atoms with Crippen LogP contribution >= 0.6 is 23.1 Å². The summed E-state index contributed by atoms with van der Waals surface area (Å²) in [5.41, 5.74) is 2.10. The van der Waals surface area contributed by atoms with Gasteiger partial charge in [-0.25, -0.2) is 4.98 Å². The van der Waals surface area contributed by atoms with Crippen LogP contribution in [0.1, 0.15) is 23.0 Å². The van der Waals surface area contributed by atoms with Crippen LogP contribution in [0.2, 0.25) is 0 Å². The molecule has 2 aromatic heterocycles. The number of benzene rings is 2. The molecule has 5 rings (SSSR count). The highest BCUT2D eigenvalue weighted by atomic mass is 32.2. The van der Waals surface area contributed by atoms with Crippen LogP contribution in [0.25, 0.3) is 21.0 Å². The van der Waals surface area contributed by atoms with Crippen LogP contribution in [0, 0.1) is 0 Å². The number of furan rings is 1. The van der Waals surface area contributed by atoms with Gasteiger partial charge in [0.15, 0.2) is 10.8 Å². The first-order chi connectivity index (χ1) is 14.6. The SMILES string of the molecule is CC1Sc2ccc(C(=O)NCc3ccc(-c4nc5ccccc5s4)o3)cc2NC1=O. The van der Waals surface area contributed by atoms with Gasteiger partial charge in [0, 0.05) is 10.5 Å². The molecule has 0 aliphatic carbocycles. The summed E-state index contributed by atoms with van der Waals surface area (Å²) in [5.74, 6) is 1.05. The summed E-state index contributed by atoms with van der Waals surface area (Å²) in [6, 6.07) is 17.0. The quantitative estimate of drug-likeness (QED) is 0.475. The minimum absolute atomic E-state index is 0.0528. The number of nitrogens with one attached hydrogen (secondary N) is 2. The third-order valence-electron chi connectivity index (χ3n) is 4.76. The van der Waals surface area contributed by atoms with E-state index < -0.39 is 0 Å². The number of para-hydroxylation sites is 1. The number of hydrogen-bond donors (Lipinski definition) is 2. The summed E-state index contributed by atoms with van der Waals surface area (Å²) < 4.78 is 6.98. The molecule has 150 valence electrons. The Morgan fingerprint density at radius 2 is 2.07 bits per heavy atom. The van der Waals surface area contributed by atoms with Gasteiger partial charge in [-0.2, -0.15) is 0 Å². The Kier molecular flexibility index (Phi) is 4.80. The maximum absolute atomic E-state index is 12.6. The van der Waals surface area contributed by atoms with Gasteiger partial charge in [-0.3, -0.25) is 9.59 Å². The van der Waals surface area contributed by atoms with Gasteiger partial charge < -0.3 is 15.1 Å². The molecule has 1 unspecified atom stereocenters. The number of nitrogens with zero attached hydrogens (tertiary/aromatic N) is 1. The molecule has 8 heteroatoms. The van der Waals surface area contributed by atoms with Crippen LogP contribution in [0.5, 0.6) is 0 Å². The van der Waals surface area contributed by atoms with Crippen molar-refractivity contribution in [2.24, 2.45) is 0 Å². The average Bonchev–Trinajstić information content (AvgIpc) is 3.39. The predicted octanol–water partition coefficient (Wildman–Crippen LogP) is 4.92. The summed E-state index contributed by atoms with van der Waals surface area (Å²) in [7, 11) is 0. The van der Waals surface area contributed by atoms with Crippen molar-refractivity contribution in [2.75, 3.05) is 5.32 Å². The molecule has 0 saturated carbocycles. The zero-order chi connectivity index (χ0) is 20.7. The van der Waals surface area contributed by atoms with E-state index in [1.165, 1.54) is 11.8 Å². The van der Waals surface area contributed by atoms with Gasteiger partial charge in [0.05, 0.1) is 27.7 Å². The number of thioether (sulfide) groups is 1. The fourth-order valence-corrected chi connectivity index (χ4v) is 5.04. The van der Waals surface area contributed by atoms with Crippen molar-refractivity contribution in [1.82, 2.24) is 10.3 Å². The number of carbonyl (C=O) groups is 2. The second-order valence-electron chi connectivity index (χ2n) is 6.90. The summed E-state index contributed by atoms with van der Waals surface area (Å²) in [5, 5.41) is 6.38. The molecule has 0 bridgehead atoms. The van der Waals surface area contributed by atoms with Crippen LogP contribution in [0.15, 0.2) is 63.9 Å². The van der Waals surface area contributed by atoms with Crippen LogP contribution in [0.4, 0.5) is 5.69 Å². The minimum atomic E-state index is -0.228. The molecular weight excluding hydrogens is 418 g/mol. The van der Waals surface area contributed by atoms with Gasteiger partial charge in [-0.15, -0.1) is 23.1 Å². The van der Waals surface area contributed by atoms with E-state index in [2.05, 4.69) is 15.6 Å². The van der Waals surface area contributed by atoms with E-state index in [9.17, 15) is 9.59 Å². The van der Waals surface area contributed by atoms with Gasteiger partial charge in [0.1, 0.15) is 5.76 Å². The van der Waals surface area contributed by atoms with Gasteiger partial charge in [-0.1, -0.05) is 12.1 Å². The largest absolute Gasteiger partial charge is 0.457 e. The first-order valence-corrected chi connectivity index (χ1v) is 11.1. The molecule has 2 amide bonds. The number of aromatic nitrogens is 1. The first-order valence-electron chi connectivity index (χ1n) is 9.41. The molecule has 3 heterocycles. The number of anilines is 1. The number of rotatable bonds is 4. The summed E-state index contributed by atoms with van der Waals surface area (Å²) >= 11 is 3.06. The normalized spacial score (nSPS) is 15.6. The van der Waals surface area contributed by atoms with Crippen molar-refractivity contribution >= 4 is 50.8 Å². The molecular formula is C22H17N3O3S2. The predicted molar refractivity (Wildman–Crippen MR) is 119 cm³/mol. The van der Waals surface area contributed by atoms with Gasteiger partial charge in [0.2, 0.25) is 5.91 Å². The molecule has 2 N–H and O–H groups in total. The lowest BCUT2D eigenvalue weighted by Crippen LogP contribution is -2.27. The molecule has 0 radical (unpaired) electrons. The third kappa shape index (κ3) is 3.59. The minimum Gasteiger partial charge on any atom is -0.457 e. The lowest BCUT2D eigenvalue weighted by Gasteiger charge is -2.21. The highest BCUT2D eigenvalue weighted by Gasteiger charge is 2.23. The smallest absolute Gasteiger partial charge is 0.251 e. The molecule has 1 atom stereocenters. The summed E-state index contributed by atoms with van der Waals surface area (Å²) in [6.07, 6.45) is 0. The molecule has 2 aromatic carbocycles. The maximum atomic E-state index is 12.6. The summed E-state index contributed by atoms with van der Waals surface area (Å²) in [4.78, 5) is 30.0. The zero-order valence-corrected chi connectivity index (χ0v) is 17.6. The second-order valence-corrected chi connectivity index (χ2v) is 9.31. The van der Waals surface area contributed by atoms with Crippen LogP contribution in [-0.4, -0.2) is 22.0 Å². The van der Waals surface area contributed by atoms with Gasteiger partial charge in [0.25, 0.3) is 5.91 Å². The number of hydrogen-bond acceptors (Lipinski definition) is 6. The van der Waals surface area contributed by atoms with Crippen molar-refractivity contribution in [3.63, 3.8) is 0 Å². The maximum Gasteiger partial charge on any atom is 0.251 e. The van der Waals surface area contributed by atoms with E-state index in [4.69, 9.17) is 4.42 Å². The Bertz CT molecular complexity index is 1240. The van der Waals surface area contributed by atoms with E-state index in [0.29, 0.717) is 22.8 Å². The first kappa shape index (κ1) is 18.9. The molecule has 0 saturated heterocycles. The highest BCUT2D eigenvalue weighted by molar-refractivity contribution is 8.00. The van der Waals surface area contributed by atoms with Crippen molar-refractivity contribution in [3.8, 4) is 10.8 Å². The Labute approximate surface area is 180 Å². The standard InChI is InChI=1S/C22H17N3O3S2/c1-12-20(26)24-16-10-13(6-9-19(16)29-12)21(27)23-11-14-7-8-17(28-14)22-25-15-4-2-3-5-18(15)30-22/h2-10,12H,11H2,1H3,(H,23,27)(H,24,26). The fraction of sp³-hybridized carbons (Fsp3) is 0.136. The van der Waals surface area contributed by atoms with Crippen molar-refractivity contribution in [1.29, 1.82) is 0 Å². The number of carbonyl (C=O) groups excluding carboxylic acids is 2. The molecule has 0 spiro atoms. The van der Waals surface area contributed by atoms with Crippen molar-refractivity contribution in [3.05, 3.63) is 65.9 Å². The molecule has 0 fully saturated rings. The van der Waals surface area contributed by atoms with Crippen LogP contribution in [0.3, 0.4) is 0 Å². The molecule has 30 heavy (non-hydrogen) atoms. The third-order valence-corrected chi connectivity index (χ3v) is 6.99. The second kappa shape index (κ2) is 7.62. The van der Waals surface area contributed by atoms with E-state index in [0.717, 1.165) is 20.1 Å². The Hall–Kier alpha value is -3.10. The number of amides is 2. The number of thiazole rings is 1. The van der Waals surface area contributed by atoms with Crippen molar-refractivity contribution < 1.29 is 14.0 Å². The van der Waals surface area contributed by atoms with E-state index in [1.807, 2.05) is 49.4 Å². The molecule has 6 nitrogen and oxygen atoms in total. The highest BCUT2D eigenvalue weighted by Crippen LogP contribution is 2.36. The van der Waals surface area contributed by atoms with E-state index in [1.54, 1.807) is 23.5 Å². The van der Waals surface area contributed by atoms with E-state index >= 15 is 0 Å². The lowest BCUT2D eigenvalue weighted by molar-refractivity contribution is -0.115. The average molecular weight is 436 g/mol. The van der Waals surface area contributed by atoms with Crippen molar-refractivity contribution in [2.45, 2.75) is 23.6 Å². The fourth-order valence-electron chi connectivity index (χ4n) is 3.18. The molecule has 1 aliphatic rings. The van der Waals surface area contributed by atoms with Gasteiger partial charge >= 0.3 is 0 Å². The Morgan fingerprint density at radius 3 is 2.93 bits per heavy atom. The lowest BCUT2D eigenvalue weighted by atomic mass is 10.1. The Balaban J connectivity index is 1.27. The van der Waals surface area contributed by atoms with Crippen LogP contribution in [-0.2, 0) is 11.3 Å². The number of fused-ring (bicyclic) bond motifs is 2. The van der Waals surface area contributed by atoms with Gasteiger partial charge in [-0.05, 0) is 49.4 Å². The van der Waals surface area contributed by atoms with Crippen LogP contribution < -0.4 is 10.6 Å². The summed E-state index contributed by atoms with van der Waals surface area (Å²) in [6.45, 7) is 2.12. The molecule has 4 aromatic rings. The Morgan fingerprint density at radius 1 is 1.20 bits per heavy atom. The van der Waals surface area contributed by atoms with E-state index in [-0.39, 0.29) is 23.6 Å². The monoisotopic (exact) mass is 435 g/mol. The molecule has 1 aliphatic heterocycles.